The van der Waals surface area contributed by atoms with E-state index in [2.05, 4.69) is 217 Å². The highest BCUT2D eigenvalue weighted by Gasteiger charge is 2.20. The summed E-state index contributed by atoms with van der Waals surface area (Å²) in [7, 11) is 0. The molecule has 2 heterocycles. The van der Waals surface area contributed by atoms with Crippen molar-refractivity contribution in [2.75, 3.05) is 0 Å². The minimum Gasteiger partial charge on any atom is -0.341 e. The molecule has 0 radical (unpaired) electrons. The summed E-state index contributed by atoms with van der Waals surface area (Å²) in [6.07, 6.45) is 0. The van der Waals surface area contributed by atoms with Gasteiger partial charge in [-0.3, -0.25) is 0 Å². The molecule has 10 aromatic carbocycles. The van der Waals surface area contributed by atoms with E-state index >= 15 is 0 Å². The Morgan fingerprint density at radius 1 is 0.283 bits per heavy atom. The highest BCUT2D eigenvalue weighted by atomic mass is 15.0. The van der Waals surface area contributed by atoms with Crippen LogP contribution < -0.4 is 0 Å². The number of aryl methyl sites for hydroxylation is 2. The first-order valence-corrected chi connectivity index (χ1v) is 21.3. The van der Waals surface area contributed by atoms with Crippen molar-refractivity contribution in [1.82, 2.24) is 9.13 Å². The number of nitrogens with zero attached hydrogens (tertiary/aromatic N) is 2. The fraction of sp³-hybridized carbons (Fsp3) is 0.0690. The number of rotatable bonds is 6. The van der Waals surface area contributed by atoms with E-state index in [1.165, 1.54) is 120 Å². The van der Waals surface area contributed by atoms with Gasteiger partial charge in [0.2, 0.25) is 0 Å². The number of para-hydroxylation sites is 2. The van der Waals surface area contributed by atoms with Crippen LogP contribution in [0, 0.1) is 0 Å². The number of hydrogen-bond acceptors (Lipinski definition) is 0. The molecule has 0 saturated heterocycles. The smallest absolute Gasteiger partial charge is 0.0497 e. The maximum atomic E-state index is 2.48. The van der Waals surface area contributed by atoms with Crippen molar-refractivity contribution in [1.29, 1.82) is 0 Å². The van der Waals surface area contributed by atoms with Gasteiger partial charge in [0, 0.05) is 56.7 Å². The lowest BCUT2D eigenvalue weighted by molar-refractivity contribution is 0.827. The van der Waals surface area contributed by atoms with E-state index in [9.17, 15) is 0 Å². The molecule has 0 unspecified atom stereocenters. The molecule has 284 valence electrons. The van der Waals surface area contributed by atoms with E-state index in [0.717, 1.165) is 13.1 Å². The molecule has 0 N–H and O–H groups in total. The van der Waals surface area contributed by atoms with E-state index in [1.54, 1.807) is 0 Å². The highest BCUT2D eigenvalue weighted by molar-refractivity contribution is 6.22. The van der Waals surface area contributed by atoms with Gasteiger partial charge in [0.1, 0.15) is 0 Å². The fourth-order valence-corrected chi connectivity index (χ4v) is 10.4. The molecule has 0 fully saturated rings. The van der Waals surface area contributed by atoms with Crippen molar-refractivity contribution in [2.24, 2.45) is 0 Å². The van der Waals surface area contributed by atoms with Crippen LogP contribution in [0.1, 0.15) is 13.8 Å². The average molecular weight is 767 g/mol. The van der Waals surface area contributed by atoms with Crippen LogP contribution in [0.5, 0.6) is 0 Å². The monoisotopic (exact) mass is 766 g/mol. The molecular weight excluding hydrogens is 725 g/mol. The van der Waals surface area contributed by atoms with Crippen molar-refractivity contribution >= 4 is 75.9 Å². The molecule has 2 aromatic heterocycles. The van der Waals surface area contributed by atoms with Gasteiger partial charge in [-0.05, 0) is 127 Å². The molecule has 0 aliphatic carbocycles. The topological polar surface area (TPSA) is 9.86 Å². The summed E-state index contributed by atoms with van der Waals surface area (Å²) in [5.41, 5.74) is 15.0. The first-order valence-electron chi connectivity index (χ1n) is 21.3. The van der Waals surface area contributed by atoms with Crippen molar-refractivity contribution < 1.29 is 0 Å². The van der Waals surface area contributed by atoms with Gasteiger partial charge in [-0.2, -0.15) is 0 Å². The van der Waals surface area contributed by atoms with Crippen molar-refractivity contribution in [2.45, 2.75) is 26.9 Å². The normalized spacial score (nSPS) is 12.0. The lowest BCUT2D eigenvalue weighted by Gasteiger charge is -2.19. The van der Waals surface area contributed by atoms with Gasteiger partial charge in [0.05, 0.1) is 0 Å². The van der Waals surface area contributed by atoms with Gasteiger partial charge in [0.25, 0.3) is 0 Å². The molecule has 12 rings (SSSR count). The number of fused-ring (bicyclic) bond motifs is 9. The SMILES string of the molecule is CCn1c2ccccc2c2ccc(-c3cccc4c(-c5cccc6ccc(-c7ccccc7)cc56)c5cccc(-c6ccc7c8ccccc8n(CC)c7c6)c5cc34)cc21. The summed E-state index contributed by atoms with van der Waals surface area (Å²) >= 11 is 0. The summed E-state index contributed by atoms with van der Waals surface area (Å²) in [6.45, 7) is 6.32. The zero-order valence-electron chi connectivity index (χ0n) is 33.8. The highest BCUT2D eigenvalue weighted by Crippen LogP contribution is 2.46. The first-order chi connectivity index (χ1) is 29.7. The van der Waals surface area contributed by atoms with E-state index in [0.29, 0.717) is 0 Å². The summed E-state index contributed by atoms with van der Waals surface area (Å²) in [5.74, 6) is 0. The standard InChI is InChI=1S/C58H42N2/c1-3-59-54-25-10-8-18-44(54)46-31-29-40(34-56(46)59)42-20-13-23-49-52(42)36-53-43(41-30-32-47-45-19-9-11-26-55(45)60(4-2)57(47)35-41)21-14-24-50(53)58(49)48-22-12-17-38-27-28-39(33-51(38)48)37-15-6-5-7-16-37/h5-36H,3-4H2,1-2H3. The van der Waals surface area contributed by atoms with Crippen molar-refractivity contribution in [3.05, 3.63) is 194 Å². The van der Waals surface area contributed by atoms with Crippen LogP contribution in [0.15, 0.2) is 194 Å². The van der Waals surface area contributed by atoms with Crippen LogP contribution in [0.3, 0.4) is 0 Å². The first kappa shape index (κ1) is 34.6. The predicted molar refractivity (Wildman–Crippen MR) is 258 cm³/mol. The van der Waals surface area contributed by atoms with Crippen molar-refractivity contribution in [3.8, 4) is 44.5 Å². The molecule has 0 aliphatic rings. The molecule has 0 aliphatic heterocycles. The van der Waals surface area contributed by atoms with Gasteiger partial charge in [-0.25, -0.2) is 0 Å². The third kappa shape index (κ3) is 5.14. The Labute approximate surface area is 349 Å². The summed E-state index contributed by atoms with van der Waals surface area (Å²) < 4.78 is 4.93. The van der Waals surface area contributed by atoms with Crippen LogP contribution in [-0.2, 0) is 13.1 Å². The molecule has 0 atom stereocenters. The van der Waals surface area contributed by atoms with Gasteiger partial charge < -0.3 is 9.13 Å². The number of benzene rings is 10. The van der Waals surface area contributed by atoms with E-state index in [1.807, 2.05) is 0 Å². The Morgan fingerprint density at radius 3 is 1.35 bits per heavy atom. The minimum absolute atomic E-state index is 0.911. The quantitative estimate of drug-likeness (QED) is 0.149. The van der Waals surface area contributed by atoms with Crippen LogP contribution in [0.25, 0.3) is 120 Å². The second kappa shape index (κ2) is 13.6. The van der Waals surface area contributed by atoms with Crippen LogP contribution in [-0.4, -0.2) is 9.13 Å². The van der Waals surface area contributed by atoms with E-state index < -0.39 is 0 Å². The summed E-state index contributed by atoms with van der Waals surface area (Å²) in [5, 5.41) is 12.7. The van der Waals surface area contributed by atoms with E-state index in [-0.39, 0.29) is 0 Å². The maximum Gasteiger partial charge on any atom is 0.0497 e. The Morgan fingerprint density at radius 2 is 0.767 bits per heavy atom. The maximum absolute atomic E-state index is 2.48. The summed E-state index contributed by atoms with van der Waals surface area (Å²) in [6, 6.07) is 72.7. The lowest BCUT2D eigenvalue weighted by Crippen LogP contribution is -1.94. The molecule has 2 nitrogen and oxygen atoms in total. The molecule has 60 heavy (non-hydrogen) atoms. The third-order valence-electron chi connectivity index (χ3n) is 13.1. The van der Waals surface area contributed by atoms with Gasteiger partial charge in [-0.15, -0.1) is 0 Å². The molecule has 0 spiro atoms. The second-order valence-electron chi connectivity index (χ2n) is 16.1. The zero-order chi connectivity index (χ0) is 39.9. The minimum atomic E-state index is 0.911. The third-order valence-corrected chi connectivity index (χ3v) is 13.1. The van der Waals surface area contributed by atoms with Crippen LogP contribution in [0.4, 0.5) is 0 Å². The largest absolute Gasteiger partial charge is 0.341 e. The van der Waals surface area contributed by atoms with Gasteiger partial charge in [-0.1, -0.05) is 158 Å². The lowest BCUT2D eigenvalue weighted by atomic mass is 9.84. The molecule has 0 amide bonds. The zero-order valence-corrected chi connectivity index (χ0v) is 33.8. The van der Waals surface area contributed by atoms with Gasteiger partial charge in [0.15, 0.2) is 0 Å². The Balaban J connectivity index is 1.18. The van der Waals surface area contributed by atoms with Crippen LogP contribution >= 0.6 is 0 Å². The molecule has 0 bridgehead atoms. The van der Waals surface area contributed by atoms with E-state index in [4.69, 9.17) is 0 Å². The Bertz CT molecular complexity index is 3500. The second-order valence-corrected chi connectivity index (χ2v) is 16.1. The van der Waals surface area contributed by atoms with Crippen LogP contribution in [0.2, 0.25) is 0 Å². The number of hydrogen-bond donors (Lipinski definition) is 0. The van der Waals surface area contributed by atoms with Crippen molar-refractivity contribution in [3.63, 3.8) is 0 Å². The molecular formula is C58H42N2. The Hall–Kier alpha value is -7.42. The molecule has 12 aromatic rings. The van der Waals surface area contributed by atoms with Gasteiger partial charge >= 0.3 is 0 Å². The predicted octanol–water partition coefficient (Wildman–Crippen LogP) is 16.1. The summed E-state index contributed by atoms with van der Waals surface area (Å²) in [4.78, 5) is 0. The average Bonchev–Trinajstić information content (AvgIpc) is 3.81. The molecule has 2 heteroatoms. The Kier molecular flexibility index (Phi) is 7.83. The molecule has 0 saturated carbocycles. The fourth-order valence-electron chi connectivity index (χ4n) is 10.4. The number of aromatic nitrogens is 2.